The third-order valence-corrected chi connectivity index (χ3v) is 6.12. The summed E-state index contributed by atoms with van der Waals surface area (Å²) in [7, 11) is 2.87. The Labute approximate surface area is 202 Å². The summed E-state index contributed by atoms with van der Waals surface area (Å²) in [4.78, 5) is 28.1. The van der Waals surface area contributed by atoms with E-state index in [2.05, 4.69) is 0 Å². The highest BCUT2D eigenvalue weighted by Crippen LogP contribution is 2.45. The number of nitrogens with zero attached hydrogens (tertiary/aromatic N) is 1. The number of ether oxygens (including phenoxy) is 2. The lowest BCUT2D eigenvalue weighted by molar-refractivity contribution is -0.132. The molecule has 1 aliphatic rings. The zero-order chi connectivity index (χ0) is 24.7. The van der Waals surface area contributed by atoms with Crippen LogP contribution in [0.25, 0.3) is 5.76 Å². The molecule has 0 spiro atoms. The number of anilines is 1. The van der Waals surface area contributed by atoms with Crippen molar-refractivity contribution in [2.45, 2.75) is 26.8 Å². The first-order valence-electron chi connectivity index (χ1n) is 10.5. The minimum atomic E-state index is -0.986. The number of aliphatic hydroxyl groups is 1. The van der Waals surface area contributed by atoms with Crippen molar-refractivity contribution in [3.05, 3.63) is 81.3 Å². The first kappa shape index (κ1) is 23.4. The third kappa shape index (κ3) is 3.82. The Morgan fingerprint density at radius 1 is 1.00 bits per heavy atom. The van der Waals surface area contributed by atoms with Crippen molar-refractivity contribution in [2.75, 3.05) is 19.1 Å². The van der Waals surface area contributed by atoms with Crippen LogP contribution in [-0.2, 0) is 9.59 Å². The maximum absolute atomic E-state index is 13.3. The van der Waals surface area contributed by atoms with Crippen molar-refractivity contribution in [3.8, 4) is 11.5 Å². The molecule has 1 amide bonds. The van der Waals surface area contributed by atoms with Gasteiger partial charge in [0.1, 0.15) is 34.8 Å². The van der Waals surface area contributed by atoms with Crippen molar-refractivity contribution in [2.24, 2.45) is 0 Å². The van der Waals surface area contributed by atoms with Gasteiger partial charge in [-0.15, -0.1) is 0 Å². The van der Waals surface area contributed by atoms with E-state index in [0.717, 1.165) is 11.1 Å². The minimum Gasteiger partial charge on any atom is -0.507 e. The topological polar surface area (TPSA) is 89.2 Å². The van der Waals surface area contributed by atoms with Crippen LogP contribution in [0.3, 0.4) is 0 Å². The first-order chi connectivity index (χ1) is 16.2. The molecule has 8 heteroatoms. The summed E-state index contributed by atoms with van der Waals surface area (Å²) in [5.74, 6) is -0.523. The Bertz CT molecular complexity index is 1340. The second-order valence-corrected chi connectivity index (χ2v) is 8.50. The van der Waals surface area contributed by atoms with Gasteiger partial charge in [-0.1, -0.05) is 23.7 Å². The molecule has 4 rings (SSSR count). The number of aliphatic hydroxyl groups excluding tert-OH is 1. The fourth-order valence-corrected chi connectivity index (χ4v) is 4.36. The summed E-state index contributed by atoms with van der Waals surface area (Å²) in [6.45, 7) is 5.51. The predicted molar refractivity (Wildman–Crippen MR) is 129 cm³/mol. The van der Waals surface area contributed by atoms with Gasteiger partial charge in [0.05, 0.1) is 30.4 Å². The zero-order valence-corrected chi connectivity index (χ0v) is 20.2. The SMILES string of the molecule is COc1cc(OC)c(/C(O)=C2\C(=O)C(=O)N(c3cc(C)ccc3C)C2c2ccc(C)o2)cc1Cl. The van der Waals surface area contributed by atoms with Crippen molar-refractivity contribution >= 4 is 34.7 Å². The van der Waals surface area contributed by atoms with Crippen LogP contribution in [0.4, 0.5) is 5.69 Å². The molecule has 176 valence electrons. The van der Waals surface area contributed by atoms with Crippen LogP contribution in [0.2, 0.25) is 5.02 Å². The van der Waals surface area contributed by atoms with Gasteiger partial charge in [0, 0.05) is 11.8 Å². The molecule has 1 saturated heterocycles. The van der Waals surface area contributed by atoms with Gasteiger partial charge < -0.3 is 19.0 Å². The number of Topliss-reactive ketones (excluding diaryl/α,β-unsaturated/α-hetero) is 1. The van der Waals surface area contributed by atoms with E-state index in [-0.39, 0.29) is 21.9 Å². The molecule has 3 aromatic rings. The van der Waals surface area contributed by atoms with Gasteiger partial charge in [0.25, 0.3) is 11.7 Å². The van der Waals surface area contributed by atoms with Crippen molar-refractivity contribution in [3.63, 3.8) is 0 Å². The maximum atomic E-state index is 13.3. The molecule has 1 N–H and O–H groups in total. The number of aryl methyl sites for hydroxylation is 3. The maximum Gasteiger partial charge on any atom is 0.300 e. The predicted octanol–water partition coefficient (Wildman–Crippen LogP) is 5.50. The first-order valence-corrected chi connectivity index (χ1v) is 10.9. The quantitative estimate of drug-likeness (QED) is 0.294. The van der Waals surface area contributed by atoms with E-state index in [9.17, 15) is 14.7 Å². The number of halogens is 1. The van der Waals surface area contributed by atoms with Gasteiger partial charge in [0.2, 0.25) is 0 Å². The van der Waals surface area contributed by atoms with E-state index in [4.69, 9.17) is 25.5 Å². The minimum absolute atomic E-state index is 0.125. The molecule has 0 aliphatic carbocycles. The average Bonchev–Trinajstić information content (AvgIpc) is 3.35. The molecule has 7 nitrogen and oxygen atoms in total. The van der Waals surface area contributed by atoms with E-state index in [0.29, 0.717) is 23.0 Å². The van der Waals surface area contributed by atoms with E-state index in [1.807, 2.05) is 32.0 Å². The standard InChI is InChI=1S/C26H24ClNO6/c1-13-6-7-14(2)18(10-13)28-23(19-9-8-15(3)34-19)22(25(30)26(28)31)24(29)16-11-17(27)21(33-5)12-20(16)32-4/h6-12,23,29H,1-5H3/b24-22+. The van der Waals surface area contributed by atoms with E-state index >= 15 is 0 Å². The number of hydrogen-bond acceptors (Lipinski definition) is 6. The van der Waals surface area contributed by atoms with Crippen LogP contribution in [0.15, 0.2) is 52.5 Å². The summed E-state index contributed by atoms with van der Waals surface area (Å²) in [6, 6.07) is 11.0. The van der Waals surface area contributed by atoms with Crippen LogP contribution < -0.4 is 14.4 Å². The van der Waals surface area contributed by atoms with Crippen LogP contribution in [-0.4, -0.2) is 31.0 Å². The molecule has 1 fully saturated rings. The fraction of sp³-hybridized carbons (Fsp3) is 0.231. The Morgan fingerprint density at radius 2 is 1.71 bits per heavy atom. The highest BCUT2D eigenvalue weighted by Gasteiger charge is 2.49. The van der Waals surface area contributed by atoms with Crippen molar-refractivity contribution in [1.29, 1.82) is 0 Å². The molecule has 1 aromatic heterocycles. The second kappa shape index (κ2) is 8.91. The lowest BCUT2D eigenvalue weighted by Crippen LogP contribution is -2.30. The average molecular weight is 482 g/mol. The van der Waals surface area contributed by atoms with Gasteiger partial charge in [-0.05, 0) is 56.2 Å². The monoisotopic (exact) mass is 481 g/mol. The second-order valence-electron chi connectivity index (χ2n) is 8.09. The normalized spacial score (nSPS) is 17.4. The third-order valence-electron chi connectivity index (χ3n) is 5.83. The molecule has 34 heavy (non-hydrogen) atoms. The number of ketones is 1. The Morgan fingerprint density at radius 3 is 2.32 bits per heavy atom. The van der Waals surface area contributed by atoms with Gasteiger partial charge in [-0.2, -0.15) is 0 Å². The lowest BCUT2D eigenvalue weighted by Gasteiger charge is -2.25. The fourth-order valence-electron chi connectivity index (χ4n) is 4.12. The van der Waals surface area contributed by atoms with Gasteiger partial charge in [-0.3, -0.25) is 14.5 Å². The molecule has 0 saturated carbocycles. The number of furan rings is 1. The largest absolute Gasteiger partial charge is 0.507 e. The summed E-state index contributed by atoms with van der Waals surface area (Å²) in [5.41, 5.74) is 2.30. The highest BCUT2D eigenvalue weighted by atomic mass is 35.5. The number of hydrogen-bond donors (Lipinski definition) is 1. The summed E-state index contributed by atoms with van der Waals surface area (Å²) in [5, 5.41) is 11.6. The zero-order valence-electron chi connectivity index (χ0n) is 19.4. The molecule has 2 aromatic carbocycles. The van der Waals surface area contributed by atoms with Gasteiger partial charge >= 0.3 is 0 Å². The van der Waals surface area contributed by atoms with E-state index < -0.39 is 23.5 Å². The lowest BCUT2D eigenvalue weighted by atomic mass is 9.98. The smallest absolute Gasteiger partial charge is 0.300 e. The number of amides is 1. The molecule has 0 bridgehead atoms. The number of benzene rings is 2. The van der Waals surface area contributed by atoms with Crippen LogP contribution in [0.1, 0.15) is 34.3 Å². The molecular formula is C26H24ClNO6. The Balaban J connectivity index is 2.01. The molecule has 1 atom stereocenters. The van der Waals surface area contributed by atoms with Gasteiger partial charge in [0.15, 0.2) is 0 Å². The molecular weight excluding hydrogens is 458 g/mol. The Hall–Kier alpha value is -3.71. The number of carbonyl (C=O) groups is 2. The van der Waals surface area contributed by atoms with Crippen molar-refractivity contribution < 1.29 is 28.6 Å². The summed E-state index contributed by atoms with van der Waals surface area (Å²) >= 11 is 6.30. The molecule has 1 unspecified atom stereocenters. The molecule has 0 radical (unpaired) electrons. The molecule has 2 heterocycles. The van der Waals surface area contributed by atoms with E-state index in [1.165, 1.54) is 31.3 Å². The number of carbonyl (C=O) groups excluding carboxylic acids is 2. The highest BCUT2D eigenvalue weighted by molar-refractivity contribution is 6.51. The van der Waals surface area contributed by atoms with Crippen LogP contribution >= 0.6 is 11.6 Å². The van der Waals surface area contributed by atoms with Crippen LogP contribution in [0, 0.1) is 20.8 Å². The summed E-state index contributed by atoms with van der Waals surface area (Å²) < 4.78 is 16.5. The van der Waals surface area contributed by atoms with Gasteiger partial charge in [-0.25, -0.2) is 0 Å². The number of rotatable bonds is 5. The summed E-state index contributed by atoms with van der Waals surface area (Å²) in [6.07, 6.45) is 0. The Kier molecular flexibility index (Phi) is 6.15. The number of methoxy groups -OCH3 is 2. The van der Waals surface area contributed by atoms with E-state index in [1.54, 1.807) is 19.1 Å². The molecule has 1 aliphatic heterocycles. The van der Waals surface area contributed by atoms with Crippen molar-refractivity contribution in [1.82, 2.24) is 0 Å². The van der Waals surface area contributed by atoms with Crippen LogP contribution in [0.5, 0.6) is 11.5 Å².